The average Bonchev–Trinajstić information content (AvgIpc) is 2.88. The predicted molar refractivity (Wildman–Crippen MR) is 88.8 cm³/mol. The number of nitrogens with zero attached hydrogens (tertiary/aromatic N) is 1. The molecule has 0 spiro atoms. The van der Waals surface area contributed by atoms with Crippen LogP contribution in [0.15, 0.2) is 36.4 Å². The lowest BCUT2D eigenvalue weighted by molar-refractivity contribution is -0.117. The van der Waals surface area contributed by atoms with Gasteiger partial charge in [0.1, 0.15) is 0 Å². The van der Waals surface area contributed by atoms with E-state index in [4.69, 9.17) is 0 Å². The van der Waals surface area contributed by atoms with Gasteiger partial charge in [-0.3, -0.25) is 14.5 Å². The zero-order valence-corrected chi connectivity index (χ0v) is 13.1. The van der Waals surface area contributed by atoms with E-state index in [0.717, 1.165) is 19.4 Å². The summed E-state index contributed by atoms with van der Waals surface area (Å²) in [4.78, 5) is 25.6. The lowest BCUT2D eigenvalue weighted by Crippen LogP contribution is -2.37. The number of rotatable bonds is 6. The first-order valence-electron chi connectivity index (χ1n) is 7.67. The maximum Gasteiger partial charge on any atom is 0.238 e. The molecule has 22 heavy (non-hydrogen) atoms. The first kappa shape index (κ1) is 16.2. The predicted octanol–water partition coefficient (Wildman–Crippen LogP) is 2.62. The molecule has 0 bridgehead atoms. The van der Waals surface area contributed by atoms with Gasteiger partial charge in [0.2, 0.25) is 11.8 Å². The van der Waals surface area contributed by atoms with E-state index in [1.54, 1.807) is 12.1 Å². The average molecular weight is 301 g/mol. The summed E-state index contributed by atoms with van der Waals surface area (Å²) in [6.07, 6.45) is 6.44. The SMILES string of the molecule is CCC[C@H]1C=CCN1CC(=O)Nc1ccccc1NC(C)=O. The standard InChI is InChI=1S/C17H23N3O2/c1-3-7-14-8-6-11-20(14)12-17(22)19-16-10-5-4-9-15(16)18-13(2)21/h4-6,8-10,14H,3,7,11-12H2,1-2H3,(H,18,21)(H,19,22)/t14-/m0/s1. The highest BCUT2D eigenvalue weighted by Gasteiger charge is 2.21. The van der Waals surface area contributed by atoms with Crippen molar-refractivity contribution in [1.29, 1.82) is 0 Å². The lowest BCUT2D eigenvalue weighted by atomic mass is 10.1. The number of carbonyl (C=O) groups excluding carboxylic acids is 2. The van der Waals surface area contributed by atoms with Crippen LogP contribution in [0.1, 0.15) is 26.7 Å². The van der Waals surface area contributed by atoms with Crippen LogP contribution in [0.5, 0.6) is 0 Å². The third kappa shape index (κ3) is 4.43. The van der Waals surface area contributed by atoms with Gasteiger partial charge >= 0.3 is 0 Å². The fourth-order valence-electron chi connectivity index (χ4n) is 2.63. The van der Waals surface area contributed by atoms with Crippen LogP contribution in [-0.2, 0) is 9.59 Å². The fourth-order valence-corrected chi connectivity index (χ4v) is 2.63. The molecule has 0 unspecified atom stereocenters. The Morgan fingerprint density at radius 1 is 1.23 bits per heavy atom. The molecule has 1 heterocycles. The molecule has 1 atom stereocenters. The summed E-state index contributed by atoms with van der Waals surface area (Å²) < 4.78 is 0. The second-order valence-corrected chi connectivity index (χ2v) is 5.49. The van der Waals surface area contributed by atoms with Gasteiger partial charge in [-0.2, -0.15) is 0 Å². The number of amides is 2. The van der Waals surface area contributed by atoms with Gasteiger partial charge in [0.15, 0.2) is 0 Å². The van der Waals surface area contributed by atoms with E-state index >= 15 is 0 Å². The topological polar surface area (TPSA) is 61.4 Å². The fraction of sp³-hybridized carbons (Fsp3) is 0.412. The molecule has 2 rings (SSSR count). The summed E-state index contributed by atoms with van der Waals surface area (Å²) in [5, 5.41) is 5.60. The van der Waals surface area contributed by atoms with Crippen LogP contribution >= 0.6 is 0 Å². The quantitative estimate of drug-likeness (QED) is 0.794. The first-order chi connectivity index (χ1) is 10.6. The Morgan fingerprint density at radius 3 is 2.55 bits per heavy atom. The largest absolute Gasteiger partial charge is 0.325 e. The van der Waals surface area contributed by atoms with Gasteiger partial charge in [0.25, 0.3) is 0 Å². The highest BCUT2D eigenvalue weighted by molar-refractivity contribution is 5.99. The summed E-state index contributed by atoms with van der Waals surface area (Å²) in [6, 6.07) is 7.56. The van der Waals surface area contributed by atoms with Crippen LogP contribution in [0, 0.1) is 0 Å². The Balaban J connectivity index is 1.96. The van der Waals surface area contributed by atoms with E-state index in [9.17, 15) is 9.59 Å². The second kappa shape index (κ2) is 7.75. The minimum absolute atomic E-state index is 0.0670. The normalized spacial score (nSPS) is 17.5. The summed E-state index contributed by atoms with van der Waals surface area (Å²) >= 11 is 0. The minimum Gasteiger partial charge on any atom is -0.325 e. The number of para-hydroxylation sites is 2. The van der Waals surface area contributed by atoms with Crippen molar-refractivity contribution in [3.63, 3.8) is 0 Å². The van der Waals surface area contributed by atoms with Crippen LogP contribution < -0.4 is 10.6 Å². The molecule has 0 fully saturated rings. The minimum atomic E-state index is -0.159. The molecule has 1 aromatic rings. The van der Waals surface area contributed by atoms with Gasteiger partial charge < -0.3 is 10.6 Å². The number of hydrogen-bond donors (Lipinski definition) is 2. The summed E-state index contributed by atoms with van der Waals surface area (Å²) in [5.74, 6) is -0.226. The van der Waals surface area contributed by atoms with Crippen molar-refractivity contribution in [2.24, 2.45) is 0 Å². The Morgan fingerprint density at radius 2 is 1.91 bits per heavy atom. The van der Waals surface area contributed by atoms with E-state index in [1.165, 1.54) is 6.92 Å². The number of anilines is 2. The molecule has 0 saturated heterocycles. The monoisotopic (exact) mass is 301 g/mol. The molecule has 0 aromatic heterocycles. The van der Waals surface area contributed by atoms with Crippen LogP contribution in [0.4, 0.5) is 11.4 Å². The van der Waals surface area contributed by atoms with Crippen molar-refractivity contribution in [3.05, 3.63) is 36.4 Å². The van der Waals surface area contributed by atoms with Gasteiger partial charge in [0.05, 0.1) is 17.9 Å². The molecule has 0 radical (unpaired) electrons. The summed E-state index contributed by atoms with van der Waals surface area (Å²) in [7, 11) is 0. The molecule has 5 nitrogen and oxygen atoms in total. The van der Waals surface area contributed by atoms with Gasteiger partial charge in [0, 0.05) is 19.5 Å². The van der Waals surface area contributed by atoms with Crippen LogP contribution in [0.3, 0.4) is 0 Å². The van der Waals surface area contributed by atoms with E-state index in [2.05, 4.69) is 34.6 Å². The van der Waals surface area contributed by atoms with Crippen molar-refractivity contribution < 1.29 is 9.59 Å². The maximum atomic E-state index is 12.3. The molecular weight excluding hydrogens is 278 g/mol. The van der Waals surface area contributed by atoms with Crippen LogP contribution in [0.25, 0.3) is 0 Å². The Kier molecular flexibility index (Phi) is 5.72. The van der Waals surface area contributed by atoms with Gasteiger partial charge in [-0.1, -0.05) is 37.6 Å². The van der Waals surface area contributed by atoms with Crippen molar-refractivity contribution in [2.75, 3.05) is 23.7 Å². The Bertz CT molecular complexity index is 569. The molecular formula is C17H23N3O2. The summed E-state index contributed by atoms with van der Waals surface area (Å²) in [5.41, 5.74) is 1.25. The third-order valence-corrected chi connectivity index (χ3v) is 3.61. The maximum absolute atomic E-state index is 12.3. The first-order valence-corrected chi connectivity index (χ1v) is 7.67. The Labute approximate surface area is 131 Å². The molecule has 0 aliphatic carbocycles. The van der Waals surface area contributed by atoms with Crippen molar-refractivity contribution in [2.45, 2.75) is 32.7 Å². The van der Waals surface area contributed by atoms with Crippen molar-refractivity contribution >= 4 is 23.2 Å². The van der Waals surface area contributed by atoms with Gasteiger partial charge in [-0.15, -0.1) is 0 Å². The van der Waals surface area contributed by atoms with E-state index < -0.39 is 0 Å². The number of benzene rings is 1. The molecule has 5 heteroatoms. The van der Waals surface area contributed by atoms with Gasteiger partial charge in [-0.25, -0.2) is 0 Å². The second-order valence-electron chi connectivity index (χ2n) is 5.49. The van der Waals surface area contributed by atoms with Crippen molar-refractivity contribution in [3.8, 4) is 0 Å². The zero-order chi connectivity index (χ0) is 15.9. The number of nitrogens with one attached hydrogen (secondary N) is 2. The van der Waals surface area contributed by atoms with Gasteiger partial charge in [-0.05, 0) is 18.6 Å². The number of carbonyl (C=O) groups is 2. The molecule has 0 saturated carbocycles. The third-order valence-electron chi connectivity index (χ3n) is 3.61. The highest BCUT2D eigenvalue weighted by atomic mass is 16.2. The summed E-state index contributed by atoms with van der Waals surface area (Å²) in [6.45, 7) is 4.76. The molecule has 1 aliphatic rings. The molecule has 2 amide bonds. The zero-order valence-electron chi connectivity index (χ0n) is 13.1. The lowest BCUT2D eigenvalue weighted by Gasteiger charge is -2.23. The number of hydrogen-bond acceptors (Lipinski definition) is 3. The molecule has 1 aliphatic heterocycles. The molecule has 2 N–H and O–H groups in total. The molecule has 118 valence electrons. The van der Waals surface area contributed by atoms with Crippen LogP contribution in [0.2, 0.25) is 0 Å². The van der Waals surface area contributed by atoms with Crippen molar-refractivity contribution in [1.82, 2.24) is 4.90 Å². The smallest absolute Gasteiger partial charge is 0.238 e. The van der Waals surface area contributed by atoms with E-state index in [-0.39, 0.29) is 11.8 Å². The highest BCUT2D eigenvalue weighted by Crippen LogP contribution is 2.21. The van der Waals surface area contributed by atoms with E-state index in [1.807, 2.05) is 12.1 Å². The molecule has 1 aromatic carbocycles. The van der Waals surface area contributed by atoms with Crippen LogP contribution in [-0.4, -0.2) is 35.8 Å². The van der Waals surface area contributed by atoms with E-state index in [0.29, 0.717) is 24.0 Å². The Hall–Kier alpha value is -2.14.